The lowest BCUT2D eigenvalue weighted by molar-refractivity contribution is -0.190. The van der Waals surface area contributed by atoms with Crippen molar-refractivity contribution >= 4 is 21.8 Å². The molecule has 7 heteroatoms. The van der Waals surface area contributed by atoms with Crippen molar-refractivity contribution in [3.8, 4) is 0 Å². The van der Waals surface area contributed by atoms with E-state index in [1.165, 1.54) is 12.8 Å². The lowest BCUT2D eigenvalue weighted by Crippen LogP contribution is -2.37. The van der Waals surface area contributed by atoms with Crippen LogP contribution >= 0.6 is 7.79 Å². The number of ether oxygens (including phenoxy) is 1. The van der Waals surface area contributed by atoms with Gasteiger partial charge in [0.15, 0.2) is 0 Å². The normalized spacial score (nSPS) is 38.1. The van der Waals surface area contributed by atoms with Crippen LogP contribution in [0.3, 0.4) is 0 Å². The summed E-state index contributed by atoms with van der Waals surface area (Å²) in [4.78, 5) is 27.4. The number of rotatable bonds is 3. The second kappa shape index (κ2) is 6.52. The Labute approximate surface area is 161 Å². The number of hydrogen-bond acceptors (Lipinski definition) is 5. The number of hydrogen-bond donors (Lipinski definition) is 0. The summed E-state index contributed by atoms with van der Waals surface area (Å²) < 4.78 is 10.1. The summed E-state index contributed by atoms with van der Waals surface area (Å²) in [7, 11) is -0.301. The molecule has 0 aromatic carbocycles. The fourth-order valence-corrected chi connectivity index (χ4v) is 14.0. The molecule has 0 radical (unpaired) electrons. The average Bonchev–Trinajstić information content (AvgIpc) is 3.24. The molecule has 3 fully saturated rings. The van der Waals surface area contributed by atoms with Crippen molar-refractivity contribution in [1.82, 2.24) is 9.34 Å². The number of carbonyl (C=O) groups excluding carboxylic acids is 1. The van der Waals surface area contributed by atoms with Crippen molar-refractivity contribution in [3.63, 3.8) is 0 Å². The Morgan fingerprint density at radius 2 is 1.54 bits per heavy atom. The summed E-state index contributed by atoms with van der Waals surface area (Å²) >= 11 is 0. The van der Waals surface area contributed by atoms with Crippen LogP contribution in [0.25, 0.3) is 0 Å². The van der Waals surface area contributed by atoms with E-state index in [0.717, 1.165) is 12.8 Å². The Balaban J connectivity index is 1.91. The molecule has 3 aliphatic rings. The Morgan fingerprint density at radius 3 is 1.92 bits per heavy atom. The van der Waals surface area contributed by atoms with Crippen molar-refractivity contribution < 1.29 is 14.4 Å². The van der Waals surface area contributed by atoms with Crippen LogP contribution in [0.5, 0.6) is 0 Å². The highest BCUT2D eigenvalue weighted by atomic mass is 31.2. The molecule has 150 valence electrons. The van der Waals surface area contributed by atoms with Gasteiger partial charge in [0.2, 0.25) is 0 Å². The van der Waals surface area contributed by atoms with Gasteiger partial charge in [0.25, 0.3) is 0 Å². The highest BCUT2D eigenvalue weighted by molar-refractivity contribution is 7.66. The third-order valence-electron chi connectivity index (χ3n) is 6.61. The third-order valence-corrected chi connectivity index (χ3v) is 13.4. The Bertz CT molecular complexity index is 556. The highest BCUT2D eigenvalue weighted by Gasteiger charge is 2.76. The first-order valence-electron chi connectivity index (χ1n) is 10.1. The van der Waals surface area contributed by atoms with Crippen LogP contribution in [0.15, 0.2) is 0 Å². The molecule has 0 aromatic rings. The number of esters is 1. The molecule has 0 amide bonds. The van der Waals surface area contributed by atoms with E-state index in [0.29, 0.717) is 12.1 Å². The zero-order chi connectivity index (χ0) is 19.7. The quantitative estimate of drug-likeness (QED) is 0.413. The van der Waals surface area contributed by atoms with Gasteiger partial charge in [0.1, 0.15) is 25.0 Å². The summed E-state index contributed by atoms with van der Waals surface area (Å²) in [5, 5.41) is 0. The molecule has 0 aromatic heterocycles. The molecule has 0 N–H and O–H groups in total. The number of likely N-dealkylation sites (N-methyl/N-ethyl adjacent to an activating group) is 2. The minimum absolute atomic E-state index is 0.0513. The second-order valence-corrected chi connectivity index (χ2v) is 19.0. The van der Waals surface area contributed by atoms with Gasteiger partial charge in [-0.05, 0) is 33.6 Å². The maximum atomic E-state index is 14.4. The molecule has 26 heavy (non-hydrogen) atoms. The van der Waals surface area contributed by atoms with E-state index in [1.807, 2.05) is 34.9 Å². The number of fused-ring (bicyclic) bond motifs is 1. The zero-order valence-corrected chi connectivity index (χ0v) is 19.7. The topological polar surface area (TPSA) is 55.8 Å². The van der Waals surface area contributed by atoms with Crippen LogP contribution in [0, 0.1) is 5.92 Å². The van der Waals surface area contributed by atoms with Crippen molar-refractivity contribution in [2.75, 3.05) is 14.1 Å². The third kappa shape index (κ3) is 3.30. The van der Waals surface area contributed by atoms with Gasteiger partial charge in [-0.15, -0.1) is 0 Å². The van der Waals surface area contributed by atoms with Crippen molar-refractivity contribution in [2.45, 2.75) is 95.0 Å². The van der Waals surface area contributed by atoms with Gasteiger partial charge in [0.05, 0.1) is 20.2 Å². The largest absolute Gasteiger partial charge is 0.650 e. The average molecular weight is 401 g/mol. The van der Waals surface area contributed by atoms with E-state index in [4.69, 9.17) is 4.74 Å². The molecule has 5 nitrogen and oxygen atoms in total. The Hall–Kier alpha value is -0.00312. The van der Waals surface area contributed by atoms with Crippen LogP contribution in [-0.2, 0) is 9.53 Å². The molecule has 3 rings (SSSR count). The Morgan fingerprint density at radius 1 is 1.08 bits per heavy atom. The van der Waals surface area contributed by atoms with Crippen LogP contribution in [0.1, 0.15) is 46.5 Å². The smallest absolute Gasteiger partial charge is 0.313 e. The highest BCUT2D eigenvalue weighted by Crippen LogP contribution is 2.80. The molecule has 0 spiro atoms. The molecule has 1 aliphatic heterocycles. The van der Waals surface area contributed by atoms with Gasteiger partial charge in [-0.2, -0.15) is 9.34 Å². The fraction of sp³-hybridized carbons (Fsp3) is 0.947. The van der Waals surface area contributed by atoms with Gasteiger partial charge >= 0.3 is 5.97 Å². The maximum Gasteiger partial charge on any atom is 0.313 e. The fourth-order valence-electron chi connectivity index (χ4n) is 5.45. The number of carbonyl (C=O) groups is 1. The van der Waals surface area contributed by atoms with Gasteiger partial charge in [-0.3, -0.25) is 4.79 Å². The zero-order valence-electron chi connectivity index (χ0n) is 17.8. The van der Waals surface area contributed by atoms with Crippen LogP contribution < -0.4 is 4.89 Å². The molecule has 2 saturated carbocycles. The monoisotopic (exact) mass is 400 g/mol. The van der Waals surface area contributed by atoms with E-state index in [1.54, 1.807) is 0 Å². The molecule has 1 saturated heterocycles. The van der Waals surface area contributed by atoms with E-state index in [-0.39, 0.29) is 23.1 Å². The summed E-state index contributed by atoms with van der Waals surface area (Å²) in [6.45, 7) is 12.6. The van der Waals surface area contributed by atoms with Gasteiger partial charge in [-0.25, -0.2) is 0 Å². The SMILES string of the molecule is CN1[C@@H]2CCCC[C@H]2N(C)[P+]1([O-])[C@@H]1[C@@H](C(=O)OC(C)(C)C)[C@@H]1[Si](C)(C)C. The predicted molar refractivity (Wildman–Crippen MR) is 109 cm³/mol. The minimum atomic E-state index is -2.75. The van der Waals surface area contributed by atoms with Gasteiger partial charge in [-0.1, -0.05) is 32.5 Å². The Kier molecular flexibility index (Phi) is 5.19. The molecule has 1 heterocycles. The maximum absolute atomic E-state index is 14.4. The van der Waals surface area contributed by atoms with E-state index in [9.17, 15) is 9.69 Å². The summed E-state index contributed by atoms with van der Waals surface area (Å²) in [6.07, 6.45) is 4.68. The standard InChI is InChI=1S/C19H37N2O3PSi/c1-19(2,3)24-18(22)15-16(17(15)26(6,7)8)25(23)20(4)13-11-9-10-12-14(13)21(25)5/h13-17H,9-12H2,1-8H3/t13-,14-,15-,16-,17+/m1/s1. The molecule has 0 unspecified atom stereocenters. The first-order valence-corrected chi connectivity index (χ1v) is 15.4. The first kappa shape index (κ1) is 20.7. The van der Waals surface area contributed by atoms with E-state index < -0.39 is 21.5 Å². The summed E-state index contributed by atoms with van der Waals surface area (Å²) in [5.74, 6) is -0.335. The van der Waals surface area contributed by atoms with Crippen molar-refractivity contribution in [3.05, 3.63) is 0 Å². The lowest BCUT2D eigenvalue weighted by Gasteiger charge is -2.39. The van der Waals surface area contributed by atoms with Crippen LogP contribution in [0.2, 0.25) is 25.2 Å². The molecular formula is C19H37N2O3PSi. The van der Waals surface area contributed by atoms with Crippen molar-refractivity contribution in [1.29, 1.82) is 0 Å². The second-order valence-electron chi connectivity index (χ2n) is 10.6. The van der Waals surface area contributed by atoms with Crippen molar-refractivity contribution in [2.24, 2.45) is 5.92 Å². The number of nitrogens with zero attached hydrogens (tertiary/aromatic N) is 2. The molecule has 0 bridgehead atoms. The molecular weight excluding hydrogens is 363 g/mol. The van der Waals surface area contributed by atoms with E-state index in [2.05, 4.69) is 29.0 Å². The van der Waals surface area contributed by atoms with Gasteiger partial charge in [0, 0.05) is 19.6 Å². The lowest BCUT2D eigenvalue weighted by atomic mass is 9.91. The molecule has 5 atom stereocenters. The first-order chi connectivity index (χ1) is 11.8. The minimum Gasteiger partial charge on any atom is -0.650 e. The van der Waals surface area contributed by atoms with Crippen LogP contribution in [-0.4, -0.2) is 60.8 Å². The van der Waals surface area contributed by atoms with Crippen LogP contribution in [0.4, 0.5) is 0 Å². The molecule has 2 aliphatic carbocycles. The summed E-state index contributed by atoms with van der Waals surface area (Å²) in [5.41, 5.74) is -0.303. The van der Waals surface area contributed by atoms with Gasteiger partial charge < -0.3 is 9.63 Å². The predicted octanol–water partition coefficient (Wildman–Crippen LogP) is 3.35. The summed E-state index contributed by atoms with van der Waals surface area (Å²) in [6, 6.07) is 0.753. The van der Waals surface area contributed by atoms with E-state index >= 15 is 0 Å².